The van der Waals surface area contributed by atoms with Gasteiger partial charge >= 0.3 is 11.2 Å². The van der Waals surface area contributed by atoms with Gasteiger partial charge in [0.2, 0.25) is 0 Å². The van der Waals surface area contributed by atoms with Crippen molar-refractivity contribution in [1.82, 2.24) is 9.80 Å². The van der Waals surface area contributed by atoms with Crippen molar-refractivity contribution in [3.05, 3.63) is 0 Å². The highest BCUT2D eigenvalue weighted by atomic mass is 32.1. The van der Waals surface area contributed by atoms with E-state index >= 15 is 0 Å². The van der Waals surface area contributed by atoms with E-state index in [0.29, 0.717) is 26.2 Å². The normalized spacial score (nSPS) is 20.5. The second kappa shape index (κ2) is 3.79. The number of piperazine rings is 1. The predicted octanol–water partition coefficient (Wildman–Crippen LogP) is 0.283. The molecular weight excluding hydrogens is 198 g/mol. The molecule has 0 bridgehead atoms. The first-order valence-corrected chi connectivity index (χ1v) is 4.44. The number of rotatable bonds is 1. The van der Waals surface area contributed by atoms with E-state index in [0.717, 1.165) is 4.90 Å². The molecule has 0 unspecified atom stereocenters. The van der Waals surface area contributed by atoms with Gasteiger partial charge in [-0.1, -0.05) is 12.6 Å². The van der Waals surface area contributed by atoms with E-state index in [9.17, 15) is 13.6 Å². The van der Waals surface area contributed by atoms with Crippen LogP contribution in [-0.2, 0) is 4.79 Å². The van der Waals surface area contributed by atoms with Gasteiger partial charge in [0.25, 0.3) is 0 Å². The molecule has 1 fully saturated rings. The molecule has 76 valence electrons. The molecule has 1 saturated heterocycles. The molecule has 6 heteroatoms. The SMILES string of the molecule is CN1CCN(C(=O)C(F)(F)S)CC1. The molecule has 3 nitrogen and oxygen atoms in total. The summed E-state index contributed by atoms with van der Waals surface area (Å²) in [5.74, 6) is -1.19. The van der Waals surface area contributed by atoms with E-state index in [1.807, 2.05) is 11.9 Å². The molecule has 0 atom stereocenters. The van der Waals surface area contributed by atoms with E-state index in [2.05, 4.69) is 12.6 Å². The van der Waals surface area contributed by atoms with Crippen LogP contribution in [0.3, 0.4) is 0 Å². The summed E-state index contributed by atoms with van der Waals surface area (Å²) in [6.45, 7) is 1.97. The Bertz CT molecular complexity index is 199. The zero-order valence-electron chi connectivity index (χ0n) is 7.33. The molecule has 0 N–H and O–H groups in total. The summed E-state index contributed by atoms with van der Waals surface area (Å²) in [7, 11) is 1.89. The summed E-state index contributed by atoms with van der Waals surface area (Å²) < 4.78 is 24.9. The molecule has 13 heavy (non-hydrogen) atoms. The highest BCUT2D eigenvalue weighted by Crippen LogP contribution is 2.21. The molecule has 0 aromatic carbocycles. The average Bonchev–Trinajstić information content (AvgIpc) is 2.03. The second-order valence-corrected chi connectivity index (χ2v) is 3.70. The van der Waals surface area contributed by atoms with Crippen molar-refractivity contribution < 1.29 is 13.6 Å². The minimum Gasteiger partial charge on any atom is -0.334 e. The number of nitrogens with zero attached hydrogens (tertiary/aromatic N) is 2. The van der Waals surface area contributed by atoms with Gasteiger partial charge in [-0.15, -0.1) is 0 Å². The van der Waals surface area contributed by atoms with Gasteiger partial charge < -0.3 is 9.80 Å². The maximum Gasteiger partial charge on any atom is 0.368 e. The van der Waals surface area contributed by atoms with Crippen molar-refractivity contribution in [2.24, 2.45) is 0 Å². The minimum absolute atomic E-state index is 0.353. The monoisotopic (exact) mass is 210 g/mol. The van der Waals surface area contributed by atoms with E-state index in [4.69, 9.17) is 0 Å². The molecule has 0 radical (unpaired) electrons. The quantitative estimate of drug-likeness (QED) is 0.629. The van der Waals surface area contributed by atoms with Crippen LogP contribution >= 0.6 is 12.6 Å². The van der Waals surface area contributed by atoms with Crippen molar-refractivity contribution >= 4 is 18.5 Å². The first-order chi connectivity index (χ1) is 5.91. The number of halogens is 2. The van der Waals surface area contributed by atoms with Crippen LogP contribution in [0.15, 0.2) is 0 Å². The number of amides is 1. The Hall–Kier alpha value is -0.360. The van der Waals surface area contributed by atoms with Crippen molar-refractivity contribution in [2.75, 3.05) is 33.2 Å². The molecule has 1 heterocycles. The average molecular weight is 210 g/mol. The van der Waals surface area contributed by atoms with E-state index in [1.54, 1.807) is 0 Å². The molecule has 0 aromatic heterocycles. The van der Waals surface area contributed by atoms with Crippen LogP contribution in [0.5, 0.6) is 0 Å². The van der Waals surface area contributed by atoms with Gasteiger partial charge in [-0.3, -0.25) is 4.79 Å². The van der Waals surface area contributed by atoms with Crippen LogP contribution in [0.2, 0.25) is 0 Å². The van der Waals surface area contributed by atoms with Crippen molar-refractivity contribution in [3.8, 4) is 0 Å². The third-order valence-corrected chi connectivity index (χ3v) is 2.24. The van der Waals surface area contributed by atoms with E-state index < -0.39 is 11.2 Å². The van der Waals surface area contributed by atoms with Crippen molar-refractivity contribution in [3.63, 3.8) is 0 Å². The lowest BCUT2D eigenvalue weighted by Gasteiger charge is -2.33. The fraction of sp³-hybridized carbons (Fsp3) is 0.857. The number of carbonyl (C=O) groups is 1. The van der Waals surface area contributed by atoms with Crippen LogP contribution in [-0.4, -0.2) is 54.2 Å². The summed E-state index contributed by atoms with van der Waals surface area (Å²) in [4.78, 5) is 14.1. The molecule has 0 saturated carbocycles. The predicted molar refractivity (Wildman–Crippen MR) is 48.0 cm³/mol. The molecule has 1 rings (SSSR count). The minimum atomic E-state index is -3.53. The Labute approximate surface area is 81.1 Å². The van der Waals surface area contributed by atoms with Gasteiger partial charge in [-0.25, -0.2) is 0 Å². The van der Waals surface area contributed by atoms with Gasteiger partial charge in [-0.2, -0.15) is 8.78 Å². The second-order valence-electron chi connectivity index (χ2n) is 3.14. The number of likely N-dealkylation sites (N-methyl/N-ethyl adjacent to an activating group) is 1. The lowest BCUT2D eigenvalue weighted by molar-refractivity contribution is -0.147. The summed E-state index contributed by atoms with van der Waals surface area (Å²) in [5.41, 5.74) is 0. The first-order valence-electron chi connectivity index (χ1n) is 3.99. The fourth-order valence-corrected chi connectivity index (χ4v) is 1.34. The summed E-state index contributed by atoms with van der Waals surface area (Å²) in [6, 6.07) is 0. The van der Waals surface area contributed by atoms with Gasteiger partial charge in [0.05, 0.1) is 0 Å². The maximum atomic E-state index is 12.5. The highest BCUT2D eigenvalue weighted by molar-refractivity contribution is 7.82. The Morgan fingerprint density at radius 1 is 1.31 bits per heavy atom. The largest absolute Gasteiger partial charge is 0.368 e. The van der Waals surface area contributed by atoms with Crippen LogP contribution in [0.4, 0.5) is 8.78 Å². The van der Waals surface area contributed by atoms with Crippen LogP contribution in [0.25, 0.3) is 0 Å². The van der Waals surface area contributed by atoms with Gasteiger partial charge in [0.15, 0.2) is 0 Å². The molecule has 0 spiro atoms. The number of alkyl halides is 2. The van der Waals surface area contributed by atoms with Gasteiger partial charge in [-0.05, 0) is 7.05 Å². The lowest BCUT2D eigenvalue weighted by atomic mass is 10.3. The Balaban J connectivity index is 2.50. The summed E-state index contributed by atoms with van der Waals surface area (Å²) in [6.07, 6.45) is 0. The van der Waals surface area contributed by atoms with Crippen LogP contribution in [0.1, 0.15) is 0 Å². The first kappa shape index (κ1) is 10.7. The third-order valence-electron chi connectivity index (χ3n) is 2.05. The van der Waals surface area contributed by atoms with Gasteiger partial charge in [0.1, 0.15) is 0 Å². The highest BCUT2D eigenvalue weighted by Gasteiger charge is 2.38. The number of carbonyl (C=O) groups excluding carboxylic acids is 1. The number of thiol groups is 1. The number of hydrogen-bond donors (Lipinski definition) is 1. The van der Waals surface area contributed by atoms with Gasteiger partial charge in [0, 0.05) is 26.2 Å². The molecule has 1 aliphatic heterocycles. The Morgan fingerprint density at radius 3 is 2.15 bits per heavy atom. The van der Waals surface area contributed by atoms with E-state index in [-0.39, 0.29) is 0 Å². The standard InChI is InChI=1S/C7H12F2N2OS/c1-10-2-4-11(5-3-10)6(12)7(8,9)13/h13H,2-5H2,1H3. The van der Waals surface area contributed by atoms with Crippen LogP contribution < -0.4 is 0 Å². The number of hydrogen-bond acceptors (Lipinski definition) is 3. The molecule has 1 amide bonds. The molecule has 1 aliphatic rings. The zero-order valence-corrected chi connectivity index (χ0v) is 8.23. The summed E-state index contributed by atoms with van der Waals surface area (Å²) in [5, 5.41) is -3.53. The lowest BCUT2D eigenvalue weighted by Crippen LogP contribution is -2.51. The maximum absolute atomic E-state index is 12.5. The van der Waals surface area contributed by atoms with Crippen molar-refractivity contribution in [2.45, 2.75) is 5.25 Å². The Kier molecular flexibility index (Phi) is 3.13. The third kappa shape index (κ3) is 2.80. The topological polar surface area (TPSA) is 23.6 Å². The smallest absolute Gasteiger partial charge is 0.334 e. The van der Waals surface area contributed by atoms with E-state index in [1.165, 1.54) is 0 Å². The molecular formula is C7H12F2N2OS. The van der Waals surface area contributed by atoms with Crippen LogP contribution in [0, 0.1) is 0 Å². The van der Waals surface area contributed by atoms with Crippen molar-refractivity contribution in [1.29, 1.82) is 0 Å². The fourth-order valence-electron chi connectivity index (χ4n) is 1.20. The molecule has 0 aliphatic carbocycles. The Morgan fingerprint density at radius 2 is 1.77 bits per heavy atom. The summed E-state index contributed by atoms with van der Waals surface area (Å²) >= 11 is 2.94. The zero-order chi connectivity index (χ0) is 10.1. The molecule has 0 aromatic rings.